The number of nitrogens with two attached hydrogens (primary N) is 1. The first-order valence-corrected chi connectivity index (χ1v) is 12.7. The summed E-state index contributed by atoms with van der Waals surface area (Å²) < 4.78 is 3.00. The van der Waals surface area contributed by atoms with Crippen LogP contribution in [0.5, 0.6) is 0 Å². The third kappa shape index (κ3) is 4.27. The molecule has 2 atom stereocenters. The zero-order valence-electron chi connectivity index (χ0n) is 18.9. The van der Waals surface area contributed by atoms with Crippen molar-refractivity contribution < 1.29 is 28.9 Å². The lowest BCUT2D eigenvalue weighted by atomic mass is 10.0. The Morgan fingerprint density at radius 3 is 2.94 bits per heavy atom. The van der Waals surface area contributed by atoms with E-state index in [0.717, 1.165) is 10.1 Å². The summed E-state index contributed by atoms with van der Waals surface area (Å²) in [6, 6.07) is 7.70. The van der Waals surface area contributed by atoms with Crippen LogP contribution < -0.4 is 20.7 Å². The number of carboxylic acids is 1. The molecule has 5 rings (SSSR count). The molecule has 3 N–H and O–H groups in total. The van der Waals surface area contributed by atoms with Crippen molar-refractivity contribution in [1.82, 2.24) is 15.2 Å². The Bertz CT molecular complexity index is 1450. The topological polar surface area (TPSA) is 154 Å². The summed E-state index contributed by atoms with van der Waals surface area (Å²) >= 11 is 2.99. The molecule has 1 fully saturated rings. The molecule has 2 aliphatic rings. The fraction of sp³-hybridized carbons (Fsp3) is 0.217. The van der Waals surface area contributed by atoms with E-state index >= 15 is 0 Å². The molecular formula is C23H20N6O5S2. The number of fused-ring (bicyclic) bond motifs is 2. The first-order valence-electron chi connectivity index (χ1n) is 10.8. The number of nitrogens with zero attached hydrogens (tertiary/aromatic N) is 4. The Labute approximate surface area is 213 Å². The number of nitrogen functional groups attached to an aromatic ring is 1. The molecule has 0 aromatic carbocycles. The van der Waals surface area contributed by atoms with Gasteiger partial charge in [-0.05, 0) is 23.6 Å². The number of pyridine rings is 2. The van der Waals surface area contributed by atoms with Crippen molar-refractivity contribution in [3.63, 3.8) is 0 Å². The van der Waals surface area contributed by atoms with Crippen molar-refractivity contribution in [2.75, 3.05) is 18.6 Å². The first-order chi connectivity index (χ1) is 17.4. The number of carbonyl (C=O) groups excluding carboxylic acids is 3. The number of nitrogens with one attached hydrogen (secondary N) is 1. The molecule has 184 valence electrons. The molecule has 5 heterocycles. The number of hydrogen-bond donors (Lipinski definition) is 2. The molecule has 0 spiro atoms. The maximum absolute atomic E-state index is 13.0. The van der Waals surface area contributed by atoms with E-state index in [9.17, 15) is 19.5 Å². The number of aromatic nitrogens is 2. The van der Waals surface area contributed by atoms with Gasteiger partial charge in [0.05, 0.1) is 17.1 Å². The second kappa shape index (κ2) is 9.59. The molecule has 3 aromatic rings. The van der Waals surface area contributed by atoms with Gasteiger partial charge in [0.2, 0.25) is 0 Å². The number of carboxylic acid groups (broad SMARTS) is 1. The van der Waals surface area contributed by atoms with Crippen LogP contribution in [0.15, 0.2) is 64.5 Å². The number of anilines is 1. The van der Waals surface area contributed by atoms with Gasteiger partial charge in [-0.1, -0.05) is 11.2 Å². The molecule has 0 radical (unpaired) electrons. The third-order valence-corrected chi connectivity index (χ3v) is 8.00. The molecule has 0 aliphatic carbocycles. The van der Waals surface area contributed by atoms with Crippen LogP contribution in [-0.4, -0.2) is 57.7 Å². The van der Waals surface area contributed by atoms with Gasteiger partial charge in [-0.2, -0.15) is 0 Å². The van der Waals surface area contributed by atoms with Gasteiger partial charge in [0, 0.05) is 22.1 Å². The van der Waals surface area contributed by atoms with Crippen LogP contribution in [0.3, 0.4) is 0 Å². The zero-order valence-corrected chi connectivity index (χ0v) is 20.5. The number of aliphatic carboxylic acids is 1. The van der Waals surface area contributed by atoms with Crippen LogP contribution in [0.25, 0.3) is 10.1 Å². The van der Waals surface area contributed by atoms with Gasteiger partial charge < -0.3 is 25.8 Å². The molecule has 0 bridgehead atoms. The minimum Gasteiger partial charge on any atom is -0.543 e. The quantitative estimate of drug-likeness (QED) is 0.184. The average Bonchev–Trinajstić information content (AvgIpc) is 3.33. The van der Waals surface area contributed by atoms with Gasteiger partial charge in [-0.15, -0.1) is 23.1 Å². The van der Waals surface area contributed by atoms with E-state index in [-0.39, 0.29) is 22.9 Å². The monoisotopic (exact) mass is 524 g/mol. The number of carbonyl (C=O) groups is 3. The molecule has 2 amide bonds. The lowest BCUT2D eigenvalue weighted by Crippen LogP contribution is -2.71. The molecule has 13 heteroatoms. The Kier molecular flexibility index (Phi) is 6.33. The Balaban J connectivity index is 1.36. The number of thioether (sulfide) groups is 1. The van der Waals surface area contributed by atoms with E-state index in [4.69, 9.17) is 10.6 Å². The van der Waals surface area contributed by atoms with Gasteiger partial charge in [-0.3, -0.25) is 14.5 Å². The molecule has 0 saturated carbocycles. The maximum Gasteiger partial charge on any atom is 0.276 e. The lowest BCUT2D eigenvalue weighted by Gasteiger charge is -2.50. The highest BCUT2D eigenvalue weighted by atomic mass is 32.2. The Morgan fingerprint density at radius 1 is 1.36 bits per heavy atom. The van der Waals surface area contributed by atoms with Gasteiger partial charge in [0.15, 0.2) is 24.7 Å². The van der Waals surface area contributed by atoms with E-state index in [1.165, 1.54) is 29.8 Å². The van der Waals surface area contributed by atoms with E-state index in [2.05, 4.69) is 15.5 Å². The summed E-state index contributed by atoms with van der Waals surface area (Å²) in [6.45, 7) is 0.293. The van der Waals surface area contributed by atoms with Crippen LogP contribution in [0, 0.1) is 0 Å². The summed E-state index contributed by atoms with van der Waals surface area (Å²) in [4.78, 5) is 48.1. The normalized spacial score (nSPS) is 19.6. The third-order valence-electron chi connectivity index (χ3n) is 5.76. The largest absolute Gasteiger partial charge is 0.543 e. The minimum absolute atomic E-state index is 0.157. The number of β-lactam (4-membered cyclic amide) rings is 1. The molecule has 1 saturated heterocycles. The molecule has 1 unspecified atom stereocenters. The van der Waals surface area contributed by atoms with Crippen molar-refractivity contribution in [1.29, 1.82) is 0 Å². The number of amides is 2. The van der Waals surface area contributed by atoms with Crippen LogP contribution in [-0.2, 0) is 25.8 Å². The summed E-state index contributed by atoms with van der Waals surface area (Å²) in [7, 11) is 1.28. The standard InChI is InChI=1S/C23H20N6O5S2/c1-34-27-17(14-3-2-4-16(24)25-14)20(30)26-18-21(31)29-19(23(32)33)13(11-36-22(18)29)10-28-7-5-15-12(9-28)6-8-35-15/h2-9,18,22H,10-11H2,1H3,(H3-,24,25,26,30,32,33)/t18?,22-/m0/s1. The van der Waals surface area contributed by atoms with Gasteiger partial charge >= 0.3 is 0 Å². The number of rotatable bonds is 7. The van der Waals surface area contributed by atoms with E-state index in [0.29, 0.717) is 17.9 Å². The van der Waals surface area contributed by atoms with E-state index in [1.54, 1.807) is 23.5 Å². The van der Waals surface area contributed by atoms with Crippen LogP contribution in [0.4, 0.5) is 5.82 Å². The van der Waals surface area contributed by atoms with Gasteiger partial charge in [-0.25, -0.2) is 9.55 Å². The van der Waals surface area contributed by atoms with Crippen molar-refractivity contribution in [2.45, 2.75) is 18.0 Å². The summed E-state index contributed by atoms with van der Waals surface area (Å²) in [5.41, 5.74) is 6.12. The minimum atomic E-state index is -1.43. The summed E-state index contributed by atoms with van der Waals surface area (Å²) in [5, 5.41) is 20.9. The molecule has 36 heavy (non-hydrogen) atoms. The van der Waals surface area contributed by atoms with Crippen LogP contribution >= 0.6 is 23.1 Å². The van der Waals surface area contributed by atoms with Gasteiger partial charge in [0.1, 0.15) is 30.0 Å². The summed E-state index contributed by atoms with van der Waals surface area (Å²) in [5.74, 6) is -2.14. The fourth-order valence-corrected chi connectivity index (χ4v) is 6.25. The van der Waals surface area contributed by atoms with Crippen molar-refractivity contribution in [2.24, 2.45) is 5.16 Å². The number of oxime groups is 1. The second-order valence-corrected chi connectivity index (χ2v) is 10.1. The highest BCUT2D eigenvalue weighted by Gasteiger charge is 2.53. The second-order valence-electron chi connectivity index (χ2n) is 8.03. The maximum atomic E-state index is 13.0. The number of thiophene rings is 1. The van der Waals surface area contributed by atoms with Crippen molar-refractivity contribution in [3.05, 3.63) is 65.1 Å². The molecular weight excluding hydrogens is 504 g/mol. The molecule has 2 aliphatic heterocycles. The predicted octanol–water partition coefficient (Wildman–Crippen LogP) is -0.379. The van der Waals surface area contributed by atoms with Crippen LogP contribution in [0.2, 0.25) is 0 Å². The molecule has 11 nitrogen and oxygen atoms in total. The van der Waals surface area contributed by atoms with E-state index < -0.39 is 29.2 Å². The first kappa shape index (κ1) is 23.8. The van der Waals surface area contributed by atoms with Crippen molar-refractivity contribution in [3.8, 4) is 0 Å². The zero-order chi connectivity index (χ0) is 25.4. The van der Waals surface area contributed by atoms with E-state index in [1.807, 2.05) is 34.5 Å². The van der Waals surface area contributed by atoms with Crippen LogP contribution in [0.1, 0.15) is 5.69 Å². The predicted molar refractivity (Wildman–Crippen MR) is 131 cm³/mol. The lowest BCUT2D eigenvalue weighted by molar-refractivity contribution is -0.687. The highest BCUT2D eigenvalue weighted by molar-refractivity contribution is 8.00. The SMILES string of the molecule is CON=C(C(=O)NC1C(=O)N2C(C(=O)[O-])=C(C[n+]3ccc4sccc4c3)CS[C@@H]12)c1cccc(N)n1. The molecule has 3 aromatic heterocycles. The van der Waals surface area contributed by atoms with Gasteiger partial charge in [0.25, 0.3) is 11.8 Å². The fourth-order valence-electron chi connectivity index (χ4n) is 4.16. The average molecular weight is 525 g/mol. The van der Waals surface area contributed by atoms with Crippen molar-refractivity contribution >= 4 is 62.5 Å². The number of hydrogen-bond acceptors (Lipinski definition) is 10. The Morgan fingerprint density at radius 2 is 2.19 bits per heavy atom. The smallest absolute Gasteiger partial charge is 0.276 e. The Hall–Kier alpha value is -3.97. The summed E-state index contributed by atoms with van der Waals surface area (Å²) in [6.07, 6.45) is 3.81. The highest BCUT2D eigenvalue weighted by Crippen LogP contribution is 2.40.